The maximum absolute atomic E-state index is 5.39. The summed E-state index contributed by atoms with van der Waals surface area (Å²) in [6, 6.07) is 75.5. The smallest absolute Gasteiger partial charge is 0.164 e. The second-order valence-electron chi connectivity index (χ2n) is 24.1. The molecule has 0 amide bonds. The van der Waals surface area contributed by atoms with Crippen LogP contribution in [0.25, 0.3) is 101 Å². The van der Waals surface area contributed by atoms with E-state index in [0.717, 1.165) is 16.7 Å². The first-order valence-electron chi connectivity index (χ1n) is 29.0. The third-order valence-corrected chi connectivity index (χ3v) is 18.5. The third kappa shape index (κ3) is 8.63. The van der Waals surface area contributed by atoms with Crippen LogP contribution in [0.1, 0.15) is 137 Å². The zero-order chi connectivity index (χ0) is 52.5. The zero-order valence-corrected chi connectivity index (χ0v) is 45.6. The number of hydrogen-bond donors (Lipinski definition) is 0. The summed E-state index contributed by atoms with van der Waals surface area (Å²) >= 11 is 0. The summed E-state index contributed by atoms with van der Waals surface area (Å²) in [5.74, 6) is 3.02. The number of benzene rings is 9. The van der Waals surface area contributed by atoms with Crippen molar-refractivity contribution in [2.24, 2.45) is 0 Å². The molecule has 2 saturated carbocycles. The Kier molecular flexibility index (Phi) is 12.1. The number of aromatic nitrogens is 3. The molecule has 3 nitrogen and oxygen atoms in total. The van der Waals surface area contributed by atoms with Crippen LogP contribution in [0.4, 0.5) is 0 Å². The zero-order valence-electron chi connectivity index (χ0n) is 45.6. The van der Waals surface area contributed by atoms with Gasteiger partial charge in [-0.2, -0.15) is 0 Å². The Balaban J connectivity index is 0.987. The van der Waals surface area contributed by atoms with Crippen molar-refractivity contribution >= 4 is 0 Å². The quantitative estimate of drug-likeness (QED) is 0.145. The molecule has 4 aliphatic rings. The molecule has 382 valence electrons. The molecule has 0 N–H and O–H groups in total. The van der Waals surface area contributed by atoms with Crippen molar-refractivity contribution in [1.82, 2.24) is 15.0 Å². The van der Waals surface area contributed by atoms with Crippen LogP contribution in [0, 0.1) is 0 Å². The molecular weight excluding hydrogens is 943 g/mol. The lowest BCUT2D eigenvalue weighted by atomic mass is 9.79. The number of hydrogen-bond acceptors (Lipinski definition) is 3. The van der Waals surface area contributed by atoms with Gasteiger partial charge in [-0.3, -0.25) is 0 Å². The molecular formula is C75H67N3. The molecule has 0 unspecified atom stereocenters. The van der Waals surface area contributed by atoms with E-state index in [1.807, 2.05) is 0 Å². The lowest BCUT2D eigenvalue weighted by molar-refractivity contribution is 0.444. The molecule has 0 bridgehead atoms. The van der Waals surface area contributed by atoms with Gasteiger partial charge in [0.2, 0.25) is 0 Å². The molecule has 78 heavy (non-hydrogen) atoms. The summed E-state index contributed by atoms with van der Waals surface area (Å²) in [7, 11) is 0. The van der Waals surface area contributed by atoms with Crippen LogP contribution in [0.3, 0.4) is 0 Å². The van der Waals surface area contributed by atoms with Gasteiger partial charge in [0, 0.05) is 27.5 Å². The van der Waals surface area contributed by atoms with Gasteiger partial charge in [0.1, 0.15) is 0 Å². The van der Waals surface area contributed by atoms with E-state index in [1.54, 1.807) is 0 Å². The van der Waals surface area contributed by atoms with Crippen LogP contribution < -0.4 is 0 Å². The third-order valence-electron chi connectivity index (χ3n) is 18.5. The molecule has 1 aromatic heterocycles. The van der Waals surface area contributed by atoms with Crippen LogP contribution in [0.5, 0.6) is 0 Å². The van der Waals surface area contributed by atoms with Crippen molar-refractivity contribution in [3.8, 4) is 101 Å². The van der Waals surface area contributed by atoms with E-state index < -0.39 is 0 Å². The van der Waals surface area contributed by atoms with Gasteiger partial charge in [0.05, 0.1) is 0 Å². The van der Waals surface area contributed by atoms with E-state index in [1.165, 1.54) is 164 Å². The summed E-state index contributed by atoms with van der Waals surface area (Å²) in [5.41, 5.74) is 26.5. The maximum atomic E-state index is 5.39. The molecule has 1 heterocycles. The van der Waals surface area contributed by atoms with Gasteiger partial charge in [0.15, 0.2) is 17.5 Å². The average molecular weight is 1010 g/mol. The first-order chi connectivity index (χ1) is 38.1. The highest BCUT2D eigenvalue weighted by molar-refractivity contribution is 5.88. The van der Waals surface area contributed by atoms with E-state index in [2.05, 4.69) is 228 Å². The maximum Gasteiger partial charge on any atom is 0.164 e. The van der Waals surface area contributed by atoms with Crippen molar-refractivity contribution in [2.75, 3.05) is 0 Å². The number of fused-ring (bicyclic) bond motifs is 6. The Hall–Kier alpha value is -8.01. The van der Waals surface area contributed by atoms with Gasteiger partial charge in [-0.15, -0.1) is 0 Å². The van der Waals surface area contributed by atoms with Crippen molar-refractivity contribution < 1.29 is 0 Å². The highest BCUT2D eigenvalue weighted by Crippen LogP contribution is 2.52. The lowest BCUT2D eigenvalue weighted by Crippen LogP contribution is -2.14. The Morgan fingerprint density at radius 3 is 1.00 bits per heavy atom. The standard InChI is InChI=1S/C75H67N3/c1-74(2)67-31-19-17-29-63(67)65-35-33-52(46-69(65)74)56-37-54(48-21-9-5-10-22-48)39-58(41-56)60-43-61(45-62(44-60)73-77-71(50-25-13-7-14-26-50)76-72(78-73)51-27-15-8-16-28-51)59-40-55(49-23-11-6-12-24-49)38-57(42-59)53-34-36-66-64-30-18-20-32-68(64)75(3,4)70(66)47-53/h7-8,13-20,25-49H,5-6,9-12,21-24H2,1-4H3. The molecule has 14 rings (SSSR count). The summed E-state index contributed by atoms with van der Waals surface area (Å²) in [6.45, 7) is 9.57. The predicted molar refractivity (Wildman–Crippen MR) is 325 cm³/mol. The number of rotatable bonds is 9. The first kappa shape index (κ1) is 48.4. The SMILES string of the molecule is CC1(C)c2ccccc2-c2ccc(-c3cc(-c4cc(-c5cc(-c6ccc7c(c6)C(C)(C)c6ccccc6-7)cc(C6CCCCC6)c5)cc(-c5nc(-c6ccccc6)nc(-c6ccccc6)n5)c4)cc(C4CCCCC4)c3)cc21. The van der Waals surface area contributed by atoms with E-state index in [9.17, 15) is 0 Å². The van der Waals surface area contributed by atoms with E-state index in [4.69, 9.17) is 15.0 Å². The van der Waals surface area contributed by atoms with E-state index in [0.29, 0.717) is 29.3 Å². The van der Waals surface area contributed by atoms with E-state index >= 15 is 0 Å². The molecule has 0 saturated heterocycles. The summed E-state index contributed by atoms with van der Waals surface area (Å²) in [6.07, 6.45) is 12.6. The van der Waals surface area contributed by atoms with Crippen LogP contribution >= 0.6 is 0 Å². The van der Waals surface area contributed by atoms with Gasteiger partial charge in [-0.05, 0) is 180 Å². The molecule has 4 aliphatic carbocycles. The van der Waals surface area contributed by atoms with Gasteiger partial charge >= 0.3 is 0 Å². The fourth-order valence-electron chi connectivity index (χ4n) is 14.1. The second kappa shape index (κ2) is 19.5. The predicted octanol–water partition coefficient (Wildman–Crippen LogP) is 20.2. The van der Waals surface area contributed by atoms with Crippen LogP contribution in [0.15, 0.2) is 200 Å². The molecule has 0 aliphatic heterocycles. The van der Waals surface area contributed by atoms with Gasteiger partial charge in [0.25, 0.3) is 0 Å². The summed E-state index contributed by atoms with van der Waals surface area (Å²) < 4.78 is 0. The van der Waals surface area contributed by atoms with Crippen LogP contribution in [-0.4, -0.2) is 15.0 Å². The number of nitrogens with zero attached hydrogens (tertiary/aromatic N) is 3. The van der Waals surface area contributed by atoms with Gasteiger partial charge in [-0.25, -0.2) is 15.0 Å². The molecule has 0 radical (unpaired) electrons. The monoisotopic (exact) mass is 1010 g/mol. The summed E-state index contributed by atoms with van der Waals surface area (Å²) in [4.78, 5) is 15.9. The molecule has 3 heteroatoms. The Morgan fingerprint density at radius 2 is 0.590 bits per heavy atom. The van der Waals surface area contributed by atoms with Crippen molar-refractivity contribution in [3.05, 3.63) is 234 Å². The topological polar surface area (TPSA) is 38.7 Å². The van der Waals surface area contributed by atoms with Crippen molar-refractivity contribution in [2.45, 2.75) is 115 Å². The van der Waals surface area contributed by atoms with Crippen molar-refractivity contribution in [1.29, 1.82) is 0 Å². The second-order valence-corrected chi connectivity index (χ2v) is 24.1. The van der Waals surface area contributed by atoms with Crippen LogP contribution in [-0.2, 0) is 10.8 Å². The average Bonchev–Trinajstić information content (AvgIpc) is 3.91. The highest BCUT2D eigenvalue weighted by Gasteiger charge is 2.37. The molecule has 10 aromatic rings. The largest absolute Gasteiger partial charge is 0.208 e. The Labute approximate surface area is 461 Å². The molecule has 2 fully saturated rings. The minimum absolute atomic E-state index is 0.0945. The van der Waals surface area contributed by atoms with Crippen molar-refractivity contribution in [3.63, 3.8) is 0 Å². The van der Waals surface area contributed by atoms with Crippen LogP contribution in [0.2, 0.25) is 0 Å². The fourth-order valence-corrected chi connectivity index (χ4v) is 14.1. The molecule has 0 spiro atoms. The molecule has 9 aromatic carbocycles. The lowest BCUT2D eigenvalue weighted by Gasteiger charge is -2.25. The fraction of sp³-hybridized carbons (Fsp3) is 0.240. The van der Waals surface area contributed by atoms with E-state index in [-0.39, 0.29) is 10.8 Å². The van der Waals surface area contributed by atoms with Gasteiger partial charge in [-0.1, -0.05) is 224 Å². The molecule has 0 atom stereocenters. The highest BCUT2D eigenvalue weighted by atomic mass is 15.0. The minimum Gasteiger partial charge on any atom is -0.208 e. The minimum atomic E-state index is -0.0945. The normalized spacial score (nSPS) is 16.3. The first-order valence-corrected chi connectivity index (χ1v) is 29.0. The summed E-state index contributed by atoms with van der Waals surface area (Å²) in [5, 5.41) is 0. The Morgan fingerprint density at radius 1 is 0.269 bits per heavy atom. The van der Waals surface area contributed by atoms with Gasteiger partial charge < -0.3 is 0 Å². The Bertz CT molecular complexity index is 3680.